The number of benzene rings is 2. The molecule has 0 bridgehead atoms. The summed E-state index contributed by atoms with van der Waals surface area (Å²) in [7, 11) is 1.54. The molecule has 7 heteroatoms. The first-order valence-corrected chi connectivity index (χ1v) is 8.30. The highest BCUT2D eigenvalue weighted by Gasteiger charge is 2.55. The van der Waals surface area contributed by atoms with Crippen LogP contribution in [0.3, 0.4) is 0 Å². The summed E-state index contributed by atoms with van der Waals surface area (Å²) in [6.07, 6.45) is 0. The number of carbonyl (C=O) groups excluding carboxylic acids is 2. The van der Waals surface area contributed by atoms with Crippen molar-refractivity contribution in [3.05, 3.63) is 53.6 Å². The summed E-state index contributed by atoms with van der Waals surface area (Å²) in [6, 6.07) is 11.2. The fraction of sp³-hybridized carbons (Fsp3) is 0.263. The van der Waals surface area contributed by atoms with Gasteiger partial charge in [0.1, 0.15) is 5.75 Å². The van der Waals surface area contributed by atoms with Crippen LogP contribution in [0.5, 0.6) is 5.75 Å². The number of nitrogens with zero attached hydrogens (tertiary/aromatic N) is 4. The van der Waals surface area contributed by atoms with Crippen LogP contribution in [0.4, 0.5) is 11.4 Å². The van der Waals surface area contributed by atoms with Gasteiger partial charge in [-0.05, 0) is 49.2 Å². The van der Waals surface area contributed by atoms with Crippen molar-refractivity contribution in [1.29, 1.82) is 0 Å². The van der Waals surface area contributed by atoms with Gasteiger partial charge in [0.05, 0.1) is 18.5 Å². The molecule has 132 valence electrons. The van der Waals surface area contributed by atoms with Gasteiger partial charge < -0.3 is 4.74 Å². The maximum absolute atomic E-state index is 13.1. The second-order valence-electron chi connectivity index (χ2n) is 6.50. The summed E-state index contributed by atoms with van der Waals surface area (Å²) in [4.78, 5) is 27.0. The molecule has 2 atom stereocenters. The van der Waals surface area contributed by atoms with Gasteiger partial charge in [-0.2, -0.15) is 5.11 Å². The van der Waals surface area contributed by atoms with Crippen LogP contribution in [0.2, 0.25) is 0 Å². The van der Waals surface area contributed by atoms with Gasteiger partial charge in [-0.25, -0.2) is 9.91 Å². The molecule has 0 aromatic heterocycles. The van der Waals surface area contributed by atoms with Crippen LogP contribution >= 0.6 is 0 Å². The van der Waals surface area contributed by atoms with Gasteiger partial charge in [-0.15, -0.1) is 0 Å². The van der Waals surface area contributed by atoms with Crippen LogP contribution in [0.15, 0.2) is 52.8 Å². The number of hydrogen-bond donors (Lipinski definition) is 0. The van der Waals surface area contributed by atoms with Crippen LogP contribution in [0, 0.1) is 13.8 Å². The van der Waals surface area contributed by atoms with Gasteiger partial charge in [0.2, 0.25) is 0 Å². The largest absolute Gasteiger partial charge is 0.497 e. The van der Waals surface area contributed by atoms with Crippen LogP contribution in [-0.2, 0) is 9.59 Å². The molecule has 1 saturated heterocycles. The van der Waals surface area contributed by atoms with E-state index in [-0.39, 0.29) is 11.8 Å². The highest BCUT2D eigenvalue weighted by Crippen LogP contribution is 2.36. The fourth-order valence-electron chi connectivity index (χ4n) is 3.46. The lowest BCUT2D eigenvalue weighted by atomic mass is 10.1. The molecule has 1 fully saturated rings. The van der Waals surface area contributed by atoms with E-state index >= 15 is 0 Å². The van der Waals surface area contributed by atoms with E-state index in [0.717, 1.165) is 16.8 Å². The summed E-state index contributed by atoms with van der Waals surface area (Å²) in [5.74, 6) is -0.130. The zero-order valence-corrected chi connectivity index (χ0v) is 14.7. The SMILES string of the molecule is COc1cccc(N2C(=O)[C@H]3N=NN(c4cc(C)cc(C)c4)[C@H]3C2=O)c1. The van der Waals surface area contributed by atoms with Crippen LogP contribution in [0.1, 0.15) is 11.1 Å². The normalized spacial score (nSPS) is 21.5. The number of anilines is 2. The molecular weight excluding hydrogens is 332 g/mol. The Morgan fingerprint density at radius 1 is 0.962 bits per heavy atom. The third-order valence-corrected chi connectivity index (χ3v) is 4.56. The Morgan fingerprint density at radius 2 is 1.69 bits per heavy atom. The standard InChI is InChI=1S/C19H18N4O3/c1-11-7-12(2)9-14(8-11)23-17-16(20-21-23)18(24)22(19(17)25)13-5-4-6-15(10-13)26-3/h4-10,16-17H,1-3H3/t16-,17+/m0/s1. The topological polar surface area (TPSA) is 74.6 Å². The maximum Gasteiger partial charge on any atom is 0.263 e. The Morgan fingerprint density at radius 3 is 2.38 bits per heavy atom. The molecule has 2 aromatic carbocycles. The maximum atomic E-state index is 13.1. The van der Waals surface area contributed by atoms with Crippen molar-refractivity contribution in [2.45, 2.75) is 25.9 Å². The van der Waals surface area contributed by atoms with E-state index in [2.05, 4.69) is 10.3 Å². The van der Waals surface area contributed by atoms with Crippen molar-refractivity contribution in [3.63, 3.8) is 0 Å². The van der Waals surface area contributed by atoms with Gasteiger partial charge >= 0.3 is 0 Å². The van der Waals surface area contributed by atoms with E-state index in [1.165, 1.54) is 12.0 Å². The first-order chi connectivity index (χ1) is 12.5. The molecule has 0 radical (unpaired) electrons. The number of amides is 2. The van der Waals surface area contributed by atoms with Crippen molar-refractivity contribution in [3.8, 4) is 5.75 Å². The third-order valence-electron chi connectivity index (χ3n) is 4.56. The third kappa shape index (κ3) is 2.44. The summed E-state index contributed by atoms with van der Waals surface area (Å²) in [5.41, 5.74) is 3.34. The van der Waals surface area contributed by atoms with Gasteiger partial charge in [0.25, 0.3) is 11.8 Å². The number of fused-ring (bicyclic) bond motifs is 1. The average Bonchev–Trinajstić information content (AvgIpc) is 3.15. The van der Waals surface area contributed by atoms with Gasteiger partial charge in [0.15, 0.2) is 12.1 Å². The number of ether oxygens (including phenoxy) is 1. The highest BCUT2D eigenvalue weighted by molar-refractivity contribution is 6.26. The molecule has 7 nitrogen and oxygen atoms in total. The predicted octanol–water partition coefficient (Wildman–Crippen LogP) is 2.81. The first-order valence-electron chi connectivity index (χ1n) is 8.30. The summed E-state index contributed by atoms with van der Waals surface area (Å²) in [5, 5.41) is 9.72. The molecule has 0 spiro atoms. The van der Waals surface area contributed by atoms with Crippen molar-refractivity contribution in [2.24, 2.45) is 10.3 Å². The number of aryl methyl sites for hydroxylation is 2. The van der Waals surface area contributed by atoms with E-state index in [9.17, 15) is 9.59 Å². The van der Waals surface area contributed by atoms with E-state index in [1.807, 2.05) is 32.0 Å². The molecule has 0 aliphatic carbocycles. The van der Waals surface area contributed by atoms with E-state index < -0.39 is 12.1 Å². The lowest BCUT2D eigenvalue weighted by molar-refractivity contribution is -0.121. The molecular formula is C19H18N4O3. The van der Waals surface area contributed by atoms with Gasteiger partial charge in [-0.1, -0.05) is 17.4 Å². The quantitative estimate of drug-likeness (QED) is 0.798. The summed E-state index contributed by atoms with van der Waals surface area (Å²) >= 11 is 0. The Kier molecular flexibility index (Phi) is 3.72. The molecule has 0 N–H and O–H groups in total. The smallest absolute Gasteiger partial charge is 0.263 e. The van der Waals surface area contributed by atoms with Gasteiger partial charge in [-0.3, -0.25) is 9.59 Å². The Bertz CT molecular complexity index is 920. The molecule has 2 amide bonds. The van der Waals surface area contributed by atoms with Crippen molar-refractivity contribution in [1.82, 2.24) is 0 Å². The fourth-order valence-corrected chi connectivity index (χ4v) is 3.46. The first kappa shape index (κ1) is 16.3. The van der Waals surface area contributed by atoms with Crippen LogP contribution in [0.25, 0.3) is 0 Å². The number of hydrogen-bond acceptors (Lipinski definition) is 6. The predicted molar refractivity (Wildman–Crippen MR) is 96.3 cm³/mol. The monoisotopic (exact) mass is 350 g/mol. The molecule has 0 unspecified atom stereocenters. The van der Waals surface area contributed by atoms with E-state index in [1.54, 1.807) is 29.3 Å². The van der Waals surface area contributed by atoms with Crippen LogP contribution in [-0.4, -0.2) is 31.0 Å². The Labute approximate surface area is 150 Å². The Hall–Kier alpha value is -3.22. The summed E-state index contributed by atoms with van der Waals surface area (Å²) in [6.45, 7) is 3.96. The highest BCUT2D eigenvalue weighted by atomic mass is 16.5. The molecule has 0 saturated carbocycles. The average molecular weight is 350 g/mol. The lowest BCUT2D eigenvalue weighted by Crippen LogP contribution is -2.40. The molecule has 2 aliphatic rings. The van der Waals surface area contributed by atoms with Crippen LogP contribution < -0.4 is 14.6 Å². The number of methoxy groups -OCH3 is 1. The molecule has 2 aromatic rings. The molecule has 4 rings (SSSR count). The molecule has 2 heterocycles. The van der Waals surface area contributed by atoms with E-state index in [0.29, 0.717) is 11.4 Å². The van der Waals surface area contributed by atoms with E-state index in [4.69, 9.17) is 4.74 Å². The Balaban J connectivity index is 1.71. The lowest BCUT2D eigenvalue weighted by Gasteiger charge is -2.21. The van der Waals surface area contributed by atoms with Crippen molar-refractivity contribution < 1.29 is 14.3 Å². The minimum Gasteiger partial charge on any atom is -0.497 e. The zero-order valence-electron chi connectivity index (χ0n) is 14.7. The zero-order chi connectivity index (χ0) is 18.4. The number of carbonyl (C=O) groups is 2. The molecule has 2 aliphatic heterocycles. The van der Waals surface area contributed by atoms with Gasteiger partial charge in [0, 0.05) is 6.07 Å². The minimum atomic E-state index is -0.825. The molecule has 26 heavy (non-hydrogen) atoms. The van der Waals surface area contributed by atoms with Crippen molar-refractivity contribution >= 4 is 23.2 Å². The second kappa shape index (κ2) is 5.94. The number of rotatable bonds is 3. The second-order valence-corrected chi connectivity index (χ2v) is 6.50. The number of imide groups is 1. The van der Waals surface area contributed by atoms with Crippen molar-refractivity contribution in [2.75, 3.05) is 17.0 Å². The summed E-state index contributed by atoms with van der Waals surface area (Å²) < 4.78 is 5.19. The minimum absolute atomic E-state index is 0.336.